The summed E-state index contributed by atoms with van der Waals surface area (Å²) < 4.78 is 0. The number of hydrogen-bond acceptors (Lipinski definition) is 2. The van der Waals surface area contributed by atoms with Crippen molar-refractivity contribution in [3.05, 3.63) is 11.6 Å². The van der Waals surface area contributed by atoms with Gasteiger partial charge in [0.2, 0.25) is 0 Å². The smallest absolute Gasteiger partial charge is 0.0673 e. The monoisotopic (exact) mass is 240 g/mol. The zero-order valence-electron chi connectivity index (χ0n) is 11.6. The third-order valence-corrected chi connectivity index (χ3v) is 4.30. The number of aliphatic hydroxyl groups excluding tert-OH is 1. The average Bonchev–Trinajstić information content (AvgIpc) is 2.29. The molecule has 2 heteroatoms. The molecular formula is C15H28O2. The quantitative estimate of drug-likeness (QED) is 0.724. The van der Waals surface area contributed by atoms with Gasteiger partial charge in [0.25, 0.3) is 0 Å². The normalized spacial score (nSPS) is 31.0. The molecule has 1 aliphatic rings. The van der Waals surface area contributed by atoms with E-state index in [2.05, 4.69) is 26.8 Å². The Balaban J connectivity index is 2.40. The summed E-state index contributed by atoms with van der Waals surface area (Å²) in [6, 6.07) is 0. The second kappa shape index (κ2) is 6.55. The van der Waals surface area contributed by atoms with Gasteiger partial charge in [0.05, 0.1) is 5.60 Å². The van der Waals surface area contributed by atoms with E-state index in [1.54, 1.807) is 0 Å². The molecule has 0 amide bonds. The second-order valence-electron chi connectivity index (χ2n) is 5.99. The number of allylic oxidation sites excluding steroid dienone is 2. The van der Waals surface area contributed by atoms with E-state index in [1.165, 1.54) is 5.57 Å². The van der Waals surface area contributed by atoms with E-state index in [0.29, 0.717) is 11.8 Å². The Morgan fingerprint density at radius 3 is 2.41 bits per heavy atom. The molecular weight excluding hydrogens is 212 g/mol. The third kappa shape index (κ3) is 4.44. The minimum absolute atomic E-state index is 0.280. The summed E-state index contributed by atoms with van der Waals surface area (Å²) in [4.78, 5) is 0. The van der Waals surface area contributed by atoms with Gasteiger partial charge in [-0.3, -0.25) is 0 Å². The van der Waals surface area contributed by atoms with Gasteiger partial charge in [-0.2, -0.15) is 0 Å². The molecule has 0 aliphatic heterocycles. The van der Waals surface area contributed by atoms with Gasteiger partial charge < -0.3 is 10.2 Å². The van der Waals surface area contributed by atoms with Crippen molar-refractivity contribution < 1.29 is 10.2 Å². The van der Waals surface area contributed by atoms with Gasteiger partial charge in [-0.1, -0.05) is 18.6 Å². The molecule has 0 bridgehead atoms. The third-order valence-electron chi connectivity index (χ3n) is 4.30. The molecule has 0 aromatic rings. The molecule has 0 unspecified atom stereocenters. The SMILES string of the molecule is CC(C)=CCC[C@H](C)C1(O)CCC(CO)CC1. The van der Waals surface area contributed by atoms with Crippen LogP contribution in [0.4, 0.5) is 0 Å². The molecule has 1 rings (SSSR count). The first-order valence-electron chi connectivity index (χ1n) is 6.94. The lowest BCUT2D eigenvalue weighted by molar-refractivity contribution is -0.0602. The van der Waals surface area contributed by atoms with E-state index >= 15 is 0 Å². The molecule has 100 valence electrons. The molecule has 0 radical (unpaired) electrons. The van der Waals surface area contributed by atoms with E-state index in [9.17, 15) is 5.11 Å². The predicted octanol–water partition coefficient (Wildman–Crippen LogP) is 3.28. The number of aliphatic hydroxyl groups is 2. The Morgan fingerprint density at radius 1 is 1.35 bits per heavy atom. The van der Waals surface area contributed by atoms with Crippen LogP contribution in [0.3, 0.4) is 0 Å². The largest absolute Gasteiger partial charge is 0.396 e. The average molecular weight is 240 g/mol. The van der Waals surface area contributed by atoms with Gasteiger partial charge in [0, 0.05) is 6.61 Å². The molecule has 0 heterocycles. The van der Waals surface area contributed by atoms with Crippen LogP contribution in [0.15, 0.2) is 11.6 Å². The minimum Gasteiger partial charge on any atom is -0.396 e. The number of rotatable bonds is 5. The van der Waals surface area contributed by atoms with Crippen molar-refractivity contribution in [2.45, 2.75) is 64.9 Å². The number of hydrogen-bond donors (Lipinski definition) is 2. The van der Waals surface area contributed by atoms with Crippen LogP contribution in [0.25, 0.3) is 0 Å². The van der Waals surface area contributed by atoms with Crippen molar-refractivity contribution in [1.29, 1.82) is 0 Å². The molecule has 2 N–H and O–H groups in total. The fraction of sp³-hybridized carbons (Fsp3) is 0.867. The molecule has 0 spiro atoms. The van der Waals surface area contributed by atoms with Gasteiger partial charge in [0.1, 0.15) is 0 Å². The Morgan fingerprint density at radius 2 is 1.94 bits per heavy atom. The van der Waals surface area contributed by atoms with Gasteiger partial charge >= 0.3 is 0 Å². The minimum atomic E-state index is -0.485. The van der Waals surface area contributed by atoms with Crippen molar-refractivity contribution in [2.24, 2.45) is 11.8 Å². The summed E-state index contributed by atoms with van der Waals surface area (Å²) in [6.07, 6.45) is 8.03. The van der Waals surface area contributed by atoms with Crippen LogP contribution < -0.4 is 0 Å². The van der Waals surface area contributed by atoms with Crippen LogP contribution >= 0.6 is 0 Å². The molecule has 1 atom stereocenters. The van der Waals surface area contributed by atoms with Crippen molar-refractivity contribution >= 4 is 0 Å². The van der Waals surface area contributed by atoms with Crippen molar-refractivity contribution in [2.75, 3.05) is 6.61 Å². The predicted molar refractivity (Wildman–Crippen MR) is 71.8 cm³/mol. The van der Waals surface area contributed by atoms with Gasteiger partial charge in [-0.05, 0) is 64.2 Å². The lowest BCUT2D eigenvalue weighted by Gasteiger charge is -2.40. The summed E-state index contributed by atoms with van der Waals surface area (Å²) in [5, 5.41) is 19.7. The molecule has 0 aromatic carbocycles. The summed E-state index contributed by atoms with van der Waals surface area (Å²) in [7, 11) is 0. The molecule has 1 aliphatic carbocycles. The van der Waals surface area contributed by atoms with Gasteiger partial charge in [0.15, 0.2) is 0 Å². The van der Waals surface area contributed by atoms with Crippen LogP contribution in [0.2, 0.25) is 0 Å². The summed E-state index contributed by atoms with van der Waals surface area (Å²) in [5.41, 5.74) is 0.870. The first-order valence-corrected chi connectivity index (χ1v) is 6.94. The van der Waals surface area contributed by atoms with E-state index in [-0.39, 0.29) is 6.61 Å². The highest BCUT2D eigenvalue weighted by Crippen LogP contribution is 2.38. The van der Waals surface area contributed by atoms with Crippen molar-refractivity contribution in [3.63, 3.8) is 0 Å². The zero-order chi connectivity index (χ0) is 12.9. The Kier molecular flexibility index (Phi) is 5.68. The fourth-order valence-corrected chi connectivity index (χ4v) is 2.74. The standard InChI is InChI=1S/C15H28O2/c1-12(2)5-4-6-13(3)15(17)9-7-14(11-16)8-10-15/h5,13-14,16-17H,4,6-11H2,1-3H3/t13-,14?,15?/m0/s1. The van der Waals surface area contributed by atoms with E-state index in [4.69, 9.17) is 5.11 Å². The van der Waals surface area contributed by atoms with Gasteiger partial charge in [-0.25, -0.2) is 0 Å². The second-order valence-corrected chi connectivity index (χ2v) is 5.99. The molecule has 0 aromatic heterocycles. The first-order chi connectivity index (χ1) is 7.98. The van der Waals surface area contributed by atoms with Crippen LogP contribution in [-0.4, -0.2) is 22.4 Å². The lowest BCUT2D eigenvalue weighted by atomic mass is 9.71. The first kappa shape index (κ1) is 14.7. The van der Waals surface area contributed by atoms with E-state index in [1.807, 2.05) is 0 Å². The Bertz CT molecular complexity index is 246. The van der Waals surface area contributed by atoms with Crippen molar-refractivity contribution in [3.8, 4) is 0 Å². The Hall–Kier alpha value is -0.340. The highest BCUT2D eigenvalue weighted by molar-refractivity contribution is 4.95. The maximum atomic E-state index is 10.6. The topological polar surface area (TPSA) is 40.5 Å². The van der Waals surface area contributed by atoms with Crippen LogP contribution in [0.1, 0.15) is 59.3 Å². The summed E-state index contributed by atoms with van der Waals surface area (Å²) in [6.45, 7) is 6.68. The highest BCUT2D eigenvalue weighted by atomic mass is 16.3. The lowest BCUT2D eigenvalue weighted by Crippen LogP contribution is -2.40. The molecule has 17 heavy (non-hydrogen) atoms. The zero-order valence-corrected chi connectivity index (χ0v) is 11.6. The Labute approximate surface area is 106 Å². The highest BCUT2D eigenvalue weighted by Gasteiger charge is 2.37. The maximum absolute atomic E-state index is 10.6. The molecule has 0 saturated heterocycles. The van der Waals surface area contributed by atoms with E-state index < -0.39 is 5.60 Å². The molecule has 1 fully saturated rings. The van der Waals surface area contributed by atoms with Crippen LogP contribution in [0, 0.1) is 11.8 Å². The summed E-state index contributed by atoms with van der Waals surface area (Å²) in [5.74, 6) is 0.776. The van der Waals surface area contributed by atoms with Gasteiger partial charge in [-0.15, -0.1) is 0 Å². The summed E-state index contributed by atoms with van der Waals surface area (Å²) >= 11 is 0. The van der Waals surface area contributed by atoms with Crippen molar-refractivity contribution in [1.82, 2.24) is 0 Å². The fourth-order valence-electron chi connectivity index (χ4n) is 2.74. The maximum Gasteiger partial charge on any atom is 0.0673 e. The molecule has 2 nitrogen and oxygen atoms in total. The van der Waals surface area contributed by atoms with E-state index in [0.717, 1.165) is 38.5 Å². The van der Waals surface area contributed by atoms with Crippen LogP contribution in [0.5, 0.6) is 0 Å². The van der Waals surface area contributed by atoms with Crippen LogP contribution in [-0.2, 0) is 0 Å². The molecule has 1 saturated carbocycles.